The fourth-order valence-corrected chi connectivity index (χ4v) is 8.16. The Morgan fingerprint density at radius 1 is 1.15 bits per heavy atom. The lowest BCUT2D eigenvalue weighted by molar-refractivity contribution is -0.156. The smallest absolute Gasteiger partial charge is 0.161 e. The number of halogens is 1. The molecule has 0 radical (unpaired) electrons. The molecule has 0 heterocycles. The molecule has 5 rings (SSSR count). The van der Waals surface area contributed by atoms with Crippen molar-refractivity contribution in [2.45, 2.75) is 64.6 Å². The standard InChI is InChI=1S/C22H29ClO3/c1-11(24)22(26)7-5-14-12-9-18(23)17-10-19(25)13-8-16(13)21(17,3)15(12)4-6-20(14,22)2/h9-10,12-16,19,25-26H,4-8H2,1-3H3/t12-,13+,14-,15-,16-,19?,20-,21-,22-/m0/s1. The van der Waals surface area contributed by atoms with Gasteiger partial charge in [-0.1, -0.05) is 37.6 Å². The van der Waals surface area contributed by atoms with Crippen molar-refractivity contribution >= 4 is 17.4 Å². The Labute approximate surface area is 160 Å². The number of ketones is 1. The lowest BCUT2D eigenvalue weighted by Crippen LogP contribution is -2.57. The topological polar surface area (TPSA) is 57.5 Å². The third-order valence-electron chi connectivity index (χ3n) is 9.40. The molecule has 9 atom stereocenters. The normalized spacial score (nSPS) is 57.2. The number of carbonyl (C=O) groups is 1. The summed E-state index contributed by atoms with van der Waals surface area (Å²) in [6, 6.07) is 0. The molecule has 5 aliphatic carbocycles. The summed E-state index contributed by atoms with van der Waals surface area (Å²) >= 11 is 6.77. The van der Waals surface area contributed by atoms with Crippen molar-refractivity contribution in [1.29, 1.82) is 0 Å². The van der Waals surface area contributed by atoms with E-state index in [1.165, 1.54) is 0 Å². The van der Waals surface area contributed by atoms with Gasteiger partial charge in [0.25, 0.3) is 0 Å². The van der Waals surface area contributed by atoms with Crippen LogP contribution in [0, 0.1) is 40.4 Å². The number of aliphatic hydroxyl groups excluding tert-OH is 1. The van der Waals surface area contributed by atoms with Gasteiger partial charge in [0, 0.05) is 15.9 Å². The van der Waals surface area contributed by atoms with E-state index in [0.29, 0.717) is 36.0 Å². The summed E-state index contributed by atoms with van der Waals surface area (Å²) < 4.78 is 0. The molecule has 0 saturated heterocycles. The number of fused-ring (bicyclic) bond motifs is 7. The van der Waals surface area contributed by atoms with Crippen molar-refractivity contribution in [3.8, 4) is 0 Å². The second-order valence-electron chi connectivity index (χ2n) is 10.1. The van der Waals surface area contributed by atoms with E-state index >= 15 is 0 Å². The second-order valence-corrected chi connectivity index (χ2v) is 10.5. The molecule has 2 N–H and O–H groups in total. The van der Waals surface area contributed by atoms with Gasteiger partial charge in [0.15, 0.2) is 5.78 Å². The predicted octanol–water partition coefficient (Wildman–Crippen LogP) is 3.83. The van der Waals surface area contributed by atoms with E-state index in [0.717, 1.165) is 36.3 Å². The van der Waals surface area contributed by atoms with E-state index in [1.807, 2.05) is 6.08 Å². The average molecular weight is 377 g/mol. The van der Waals surface area contributed by atoms with E-state index in [-0.39, 0.29) is 22.7 Å². The van der Waals surface area contributed by atoms with Crippen LogP contribution in [0.15, 0.2) is 22.8 Å². The molecule has 4 heteroatoms. The quantitative estimate of drug-likeness (QED) is 0.731. The molecule has 1 unspecified atom stereocenters. The SMILES string of the molecule is CC(=O)[C@@]1(O)CC[C@H]2[C@@H]3C=C(Cl)C4=CC(O)[C@@H]5C[C@@H]5[C@]4(C)[C@H]3CC[C@@]21C. The molecule has 3 nitrogen and oxygen atoms in total. The van der Waals surface area contributed by atoms with Gasteiger partial charge in [-0.25, -0.2) is 0 Å². The average Bonchev–Trinajstić information content (AvgIpc) is 3.33. The summed E-state index contributed by atoms with van der Waals surface area (Å²) in [5.41, 5.74) is -0.374. The number of rotatable bonds is 1. The molecule has 0 aromatic rings. The van der Waals surface area contributed by atoms with Crippen LogP contribution in [0.3, 0.4) is 0 Å². The number of carbonyl (C=O) groups excluding carboxylic acids is 1. The highest BCUT2D eigenvalue weighted by molar-refractivity contribution is 6.32. The maximum absolute atomic E-state index is 12.3. The molecule has 142 valence electrons. The van der Waals surface area contributed by atoms with Crippen molar-refractivity contribution in [3.63, 3.8) is 0 Å². The molecule has 0 aromatic carbocycles. The summed E-state index contributed by atoms with van der Waals surface area (Å²) in [6.07, 6.45) is 8.31. The number of aliphatic hydroxyl groups is 2. The molecule has 0 aliphatic heterocycles. The first kappa shape index (κ1) is 17.5. The maximum Gasteiger partial charge on any atom is 0.161 e. The highest BCUT2D eigenvalue weighted by Crippen LogP contribution is 2.72. The van der Waals surface area contributed by atoms with Crippen LogP contribution in [0.1, 0.15) is 52.9 Å². The summed E-state index contributed by atoms with van der Waals surface area (Å²) in [7, 11) is 0. The Morgan fingerprint density at radius 3 is 2.54 bits per heavy atom. The van der Waals surface area contributed by atoms with Crippen molar-refractivity contribution in [1.82, 2.24) is 0 Å². The van der Waals surface area contributed by atoms with Gasteiger partial charge in [0.1, 0.15) is 5.60 Å². The fourth-order valence-electron chi connectivity index (χ4n) is 7.75. The largest absolute Gasteiger partial charge is 0.389 e. The molecule has 0 bridgehead atoms. The Balaban J connectivity index is 1.60. The zero-order valence-electron chi connectivity index (χ0n) is 15.8. The van der Waals surface area contributed by atoms with Crippen molar-refractivity contribution < 1.29 is 15.0 Å². The van der Waals surface area contributed by atoms with Crippen LogP contribution >= 0.6 is 11.6 Å². The molecule has 0 aromatic heterocycles. The van der Waals surface area contributed by atoms with Gasteiger partial charge in [0.2, 0.25) is 0 Å². The van der Waals surface area contributed by atoms with Crippen molar-refractivity contribution in [2.75, 3.05) is 0 Å². The monoisotopic (exact) mass is 376 g/mol. The fraction of sp³-hybridized carbons (Fsp3) is 0.773. The van der Waals surface area contributed by atoms with E-state index in [4.69, 9.17) is 11.6 Å². The summed E-state index contributed by atoms with van der Waals surface area (Å²) in [4.78, 5) is 12.3. The molecule has 0 amide bonds. The van der Waals surface area contributed by atoms with Crippen LogP contribution in [-0.2, 0) is 4.79 Å². The third kappa shape index (κ3) is 1.81. The second kappa shape index (κ2) is 5.04. The first-order valence-electron chi connectivity index (χ1n) is 10.2. The van der Waals surface area contributed by atoms with E-state index in [2.05, 4.69) is 19.9 Å². The van der Waals surface area contributed by atoms with Crippen molar-refractivity contribution in [3.05, 3.63) is 22.8 Å². The number of Topliss-reactive ketones (excluding diaryl/α,β-unsaturated/α-hetero) is 1. The molecule has 0 spiro atoms. The zero-order chi connectivity index (χ0) is 18.6. The number of allylic oxidation sites excluding steroid dienone is 3. The molecular weight excluding hydrogens is 348 g/mol. The highest BCUT2D eigenvalue weighted by atomic mass is 35.5. The Kier molecular flexibility index (Phi) is 3.38. The van der Waals surface area contributed by atoms with Crippen LogP contribution in [0.2, 0.25) is 0 Å². The minimum absolute atomic E-state index is 0.0264. The molecular formula is C22H29ClO3. The third-order valence-corrected chi connectivity index (χ3v) is 9.73. The summed E-state index contributed by atoms with van der Waals surface area (Å²) in [5, 5.41) is 22.4. The van der Waals surface area contributed by atoms with Gasteiger partial charge < -0.3 is 10.2 Å². The van der Waals surface area contributed by atoms with Gasteiger partial charge in [0.05, 0.1) is 6.10 Å². The minimum atomic E-state index is -1.19. The van der Waals surface area contributed by atoms with Gasteiger partial charge in [-0.05, 0) is 74.2 Å². The van der Waals surface area contributed by atoms with Crippen LogP contribution in [0.4, 0.5) is 0 Å². The zero-order valence-corrected chi connectivity index (χ0v) is 16.6. The van der Waals surface area contributed by atoms with E-state index in [9.17, 15) is 15.0 Å². The van der Waals surface area contributed by atoms with Gasteiger partial charge >= 0.3 is 0 Å². The molecule has 3 saturated carbocycles. The first-order chi connectivity index (χ1) is 12.1. The van der Waals surface area contributed by atoms with Crippen LogP contribution in [0.5, 0.6) is 0 Å². The van der Waals surface area contributed by atoms with Gasteiger partial charge in [-0.2, -0.15) is 0 Å². The van der Waals surface area contributed by atoms with E-state index in [1.54, 1.807) is 6.92 Å². The molecule has 3 fully saturated rings. The van der Waals surface area contributed by atoms with Crippen LogP contribution < -0.4 is 0 Å². The maximum atomic E-state index is 12.3. The minimum Gasteiger partial charge on any atom is -0.389 e. The Morgan fingerprint density at radius 2 is 1.85 bits per heavy atom. The predicted molar refractivity (Wildman–Crippen MR) is 100 cm³/mol. The number of hydrogen-bond acceptors (Lipinski definition) is 3. The van der Waals surface area contributed by atoms with Crippen LogP contribution in [-0.4, -0.2) is 27.7 Å². The Bertz CT molecular complexity index is 756. The van der Waals surface area contributed by atoms with E-state index < -0.39 is 5.60 Å². The van der Waals surface area contributed by atoms with Gasteiger partial charge in [-0.3, -0.25) is 4.79 Å². The number of hydrogen-bond donors (Lipinski definition) is 2. The van der Waals surface area contributed by atoms with Crippen molar-refractivity contribution in [2.24, 2.45) is 40.4 Å². The Hall–Kier alpha value is -0.640. The summed E-state index contributed by atoms with van der Waals surface area (Å²) in [6.45, 7) is 6.03. The van der Waals surface area contributed by atoms with Crippen LogP contribution in [0.25, 0.3) is 0 Å². The van der Waals surface area contributed by atoms with Gasteiger partial charge in [-0.15, -0.1) is 0 Å². The first-order valence-corrected chi connectivity index (χ1v) is 10.5. The molecule has 26 heavy (non-hydrogen) atoms. The molecule has 5 aliphatic rings. The lowest BCUT2D eigenvalue weighted by Gasteiger charge is -2.57. The lowest BCUT2D eigenvalue weighted by atomic mass is 9.47. The highest BCUT2D eigenvalue weighted by Gasteiger charge is 2.68. The summed E-state index contributed by atoms with van der Waals surface area (Å²) in [5.74, 6) is 1.93.